The summed E-state index contributed by atoms with van der Waals surface area (Å²) >= 11 is 0. The lowest BCUT2D eigenvalue weighted by Gasteiger charge is -2.23. The van der Waals surface area contributed by atoms with Gasteiger partial charge < -0.3 is 15.4 Å². The first-order chi connectivity index (χ1) is 15.8. The summed E-state index contributed by atoms with van der Waals surface area (Å²) in [5.41, 5.74) is 2.75. The molecule has 0 spiro atoms. The van der Waals surface area contributed by atoms with E-state index in [0.717, 1.165) is 5.56 Å². The fraction of sp³-hybridized carbons (Fsp3) is 0.167. The molecule has 0 radical (unpaired) electrons. The van der Waals surface area contributed by atoms with E-state index in [2.05, 4.69) is 10.6 Å². The van der Waals surface area contributed by atoms with E-state index in [1.165, 1.54) is 16.4 Å². The highest BCUT2D eigenvalue weighted by atomic mass is 32.2. The van der Waals surface area contributed by atoms with Crippen LogP contribution in [0, 0.1) is 0 Å². The van der Waals surface area contributed by atoms with Crippen molar-refractivity contribution in [3.63, 3.8) is 0 Å². The maximum atomic E-state index is 13.3. The molecule has 168 valence electrons. The lowest BCUT2D eigenvalue weighted by Crippen LogP contribution is -2.34. The molecule has 9 heteroatoms. The van der Waals surface area contributed by atoms with Crippen LogP contribution >= 0.6 is 0 Å². The minimum atomic E-state index is -3.82. The molecule has 8 nitrogen and oxygen atoms in total. The summed E-state index contributed by atoms with van der Waals surface area (Å²) in [6, 6.07) is 18.3. The summed E-state index contributed by atoms with van der Waals surface area (Å²) in [4.78, 5) is 24.8. The van der Waals surface area contributed by atoms with Gasteiger partial charge in [-0.1, -0.05) is 24.3 Å². The van der Waals surface area contributed by atoms with Crippen molar-refractivity contribution in [2.24, 2.45) is 0 Å². The van der Waals surface area contributed by atoms with Crippen LogP contribution in [0.3, 0.4) is 0 Å². The number of hydrogen-bond acceptors (Lipinski definition) is 5. The highest BCUT2D eigenvalue weighted by Gasteiger charge is 2.31. The van der Waals surface area contributed by atoms with Crippen molar-refractivity contribution in [2.75, 3.05) is 21.5 Å². The third-order valence-electron chi connectivity index (χ3n) is 5.70. The van der Waals surface area contributed by atoms with Crippen LogP contribution in [0.15, 0.2) is 71.6 Å². The molecule has 5 rings (SSSR count). The van der Waals surface area contributed by atoms with Crippen LogP contribution in [0.2, 0.25) is 0 Å². The molecule has 1 atom stereocenters. The zero-order valence-electron chi connectivity index (χ0n) is 17.7. The van der Waals surface area contributed by atoms with Crippen molar-refractivity contribution in [3.8, 4) is 5.75 Å². The van der Waals surface area contributed by atoms with E-state index in [4.69, 9.17) is 4.74 Å². The van der Waals surface area contributed by atoms with E-state index in [1.807, 2.05) is 18.2 Å². The molecule has 33 heavy (non-hydrogen) atoms. The van der Waals surface area contributed by atoms with Crippen molar-refractivity contribution in [1.82, 2.24) is 0 Å². The Morgan fingerprint density at radius 2 is 1.91 bits per heavy atom. The number of amides is 2. The average molecular weight is 464 g/mol. The molecule has 2 aliphatic heterocycles. The van der Waals surface area contributed by atoms with Gasteiger partial charge in [0.2, 0.25) is 0 Å². The first-order valence-electron chi connectivity index (χ1n) is 10.5. The van der Waals surface area contributed by atoms with Crippen LogP contribution in [-0.2, 0) is 21.2 Å². The van der Waals surface area contributed by atoms with E-state index in [0.29, 0.717) is 35.8 Å². The summed E-state index contributed by atoms with van der Waals surface area (Å²) in [5, 5.41) is 5.48. The zero-order valence-corrected chi connectivity index (χ0v) is 18.6. The fourth-order valence-corrected chi connectivity index (χ4v) is 5.52. The average Bonchev–Trinajstić information content (AvgIpc) is 3.25. The number of nitrogens with one attached hydrogen (secondary N) is 2. The van der Waals surface area contributed by atoms with E-state index >= 15 is 0 Å². The molecule has 2 N–H and O–H groups in total. The quantitative estimate of drug-likeness (QED) is 0.617. The normalized spacial score (nSPS) is 16.9. The minimum absolute atomic E-state index is 0.0481. The van der Waals surface area contributed by atoms with E-state index < -0.39 is 22.0 Å². The van der Waals surface area contributed by atoms with Crippen LogP contribution in [0.5, 0.6) is 5.75 Å². The third kappa shape index (κ3) is 3.80. The van der Waals surface area contributed by atoms with Gasteiger partial charge in [-0.2, -0.15) is 0 Å². The van der Waals surface area contributed by atoms with E-state index in [9.17, 15) is 18.0 Å². The monoisotopic (exact) mass is 463 g/mol. The number of carbonyl (C=O) groups is 2. The van der Waals surface area contributed by atoms with Crippen LogP contribution in [0.4, 0.5) is 17.1 Å². The SMILES string of the molecule is C[C@H]1Oc2ccc(NC(=O)c3cccc(S(=O)(=O)N4CCc5ccccc54)c3)cc2NC1=O. The second-order valence-electron chi connectivity index (χ2n) is 7.90. The number of fused-ring (bicyclic) bond motifs is 2. The smallest absolute Gasteiger partial charge is 0.265 e. The summed E-state index contributed by atoms with van der Waals surface area (Å²) in [5.74, 6) is -0.225. The van der Waals surface area contributed by atoms with Gasteiger partial charge in [0.15, 0.2) is 6.10 Å². The van der Waals surface area contributed by atoms with Gasteiger partial charge in [0, 0.05) is 17.8 Å². The first-order valence-corrected chi connectivity index (χ1v) is 11.9. The fourth-order valence-electron chi connectivity index (χ4n) is 3.97. The van der Waals surface area contributed by atoms with Gasteiger partial charge in [-0.3, -0.25) is 13.9 Å². The molecule has 0 fully saturated rings. The maximum absolute atomic E-state index is 13.3. The molecule has 0 aliphatic carbocycles. The highest BCUT2D eigenvalue weighted by Crippen LogP contribution is 2.34. The van der Waals surface area contributed by atoms with Crippen molar-refractivity contribution in [2.45, 2.75) is 24.3 Å². The summed E-state index contributed by atoms with van der Waals surface area (Å²) < 4.78 is 33.5. The molecule has 0 bridgehead atoms. The Labute approximate surface area is 191 Å². The predicted molar refractivity (Wildman–Crippen MR) is 124 cm³/mol. The van der Waals surface area contributed by atoms with Crippen LogP contribution in [0.1, 0.15) is 22.8 Å². The Morgan fingerprint density at radius 3 is 2.76 bits per heavy atom. The minimum Gasteiger partial charge on any atom is -0.479 e. The Hall–Kier alpha value is -3.85. The van der Waals surface area contributed by atoms with Gasteiger partial charge in [-0.05, 0) is 61.4 Å². The predicted octanol–water partition coefficient (Wildman–Crippen LogP) is 3.41. The highest BCUT2D eigenvalue weighted by molar-refractivity contribution is 7.92. The molecular weight excluding hydrogens is 442 g/mol. The molecule has 0 saturated heterocycles. The number of ether oxygens (including phenoxy) is 1. The summed E-state index contributed by atoms with van der Waals surface area (Å²) in [7, 11) is -3.82. The second kappa shape index (κ2) is 7.93. The Balaban J connectivity index is 1.38. The van der Waals surface area contributed by atoms with Crippen LogP contribution in [-0.4, -0.2) is 32.9 Å². The number of hydrogen-bond donors (Lipinski definition) is 2. The van der Waals surface area contributed by atoms with Crippen molar-refractivity contribution in [3.05, 3.63) is 77.9 Å². The van der Waals surface area contributed by atoms with Gasteiger partial charge in [-0.25, -0.2) is 8.42 Å². The number of carbonyl (C=O) groups excluding carboxylic acids is 2. The standard InChI is InChI=1S/C24H21N3O5S/c1-15-23(28)26-20-14-18(9-10-22(20)32-15)25-24(29)17-6-4-7-19(13-17)33(30,31)27-12-11-16-5-2-3-8-21(16)27/h2-10,13-15H,11-12H2,1H3,(H,25,29)(H,26,28)/t15-/m1/s1. The maximum Gasteiger partial charge on any atom is 0.265 e. The third-order valence-corrected chi connectivity index (χ3v) is 7.51. The number of para-hydroxylation sites is 1. The molecule has 0 aromatic heterocycles. The van der Waals surface area contributed by atoms with Crippen molar-refractivity contribution in [1.29, 1.82) is 0 Å². The molecule has 3 aromatic carbocycles. The molecular formula is C24H21N3O5S. The van der Waals surface area contributed by atoms with E-state index in [-0.39, 0.29) is 16.4 Å². The number of sulfonamides is 1. The number of anilines is 3. The molecule has 2 heterocycles. The van der Waals surface area contributed by atoms with Gasteiger partial charge in [0.05, 0.1) is 16.3 Å². The van der Waals surface area contributed by atoms with Crippen molar-refractivity contribution >= 4 is 38.9 Å². The van der Waals surface area contributed by atoms with Crippen molar-refractivity contribution < 1.29 is 22.7 Å². The van der Waals surface area contributed by atoms with Crippen LogP contribution in [0.25, 0.3) is 0 Å². The molecule has 0 saturated carbocycles. The van der Waals surface area contributed by atoms with Gasteiger partial charge in [0.1, 0.15) is 5.75 Å². The Bertz CT molecular complexity index is 1390. The molecule has 0 unspecified atom stereocenters. The molecule has 2 amide bonds. The topological polar surface area (TPSA) is 105 Å². The number of benzene rings is 3. The number of rotatable bonds is 4. The lowest BCUT2D eigenvalue weighted by atomic mass is 10.2. The van der Waals surface area contributed by atoms with Gasteiger partial charge in [0.25, 0.3) is 21.8 Å². The lowest BCUT2D eigenvalue weighted by molar-refractivity contribution is -0.122. The molecule has 3 aromatic rings. The summed E-state index contributed by atoms with van der Waals surface area (Å²) in [6.07, 6.45) is 0.0534. The van der Waals surface area contributed by atoms with Crippen LogP contribution < -0.4 is 19.7 Å². The molecule has 2 aliphatic rings. The first kappa shape index (κ1) is 21.0. The number of nitrogens with zero attached hydrogens (tertiary/aromatic N) is 1. The Morgan fingerprint density at radius 1 is 1.09 bits per heavy atom. The second-order valence-corrected chi connectivity index (χ2v) is 9.76. The largest absolute Gasteiger partial charge is 0.479 e. The zero-order chi connectivity index (χ0) is 23.2. The summed E-state index contributed by atoms with van der Waals surface area (Å²) in [6.45, 7) is 2.01. The van der Waals surface area contributed by atoms with Gasteiger partial charge >= 0.3 is 0 Å². The van der Waals surface area contributed by atoms with E-state index in [1.54, 1.807) is 43.3 Å². The van der Waals surface area contributed by atoms with Gasteiger partial charge in [-0.15, -0.1) is 0 Å². The Kier molecular flexibility index (Phi) is 5.05.